The van der Waals surface area contributed by atoms with Gasteiger partial charge in [0, 0.05) is 50.1 Å². The van der Waals surface area contributed by atoms with Crippen LogP contribution >= 0.6 is 0 Å². The van der Waals surface area contributed by atoms with Crippen molar-refractivity contribution in [3.63, 3.8) is 0 Å². The zero-order valence-corrected chi connectivity index (χ0v) is 13.2. The van der Waals surface area contributed by atoms with Crippen LogP contribution in [0.25, 0.3) is 11.0 Å². The number of rotatable bonds is 4. The number of hydrogen-bond acceptors (Lipinski definition) is 3. The Morgan fingerprint density at radius 3 is 2.81 bits per heavy atom. The second-order valence-corrected chi connectivity index (χ2v) is 6.29. The maximum Gasteiger partial charge on any atom is 0.140 e. The van der Waals surface area contributed by atoms with Crippen molar-refractivity contribution in [1.29, 1.82) is 0 Å². The third-order valence-electron chi connectivity index (χ3n) is 4.32. The highest BCUT2D eigenvalue weighted by atomic mass is 16.5. The van der Waals surface area contributed by atoms with Gasteiger partial charge in [-0.3, -0.25) is 0 Å². The van der Waals surface area contributed by atoms with E-state index in [1.54, 1.807) is 0 Å². The first-order chi connectivity index (χ1) is 10.1. The molecule has 0 amide bonds. The SMILES string of the molecule is CC(C)c1ccc2c(CNC3CCOCC3)cn(C)c2n1. The molecule has 0 atom stereocenters. The molecular formula is C17H25N3O. The minimum atomic E-state index is 0.466. The number of ether oxygens (including phenoxy) is 1. The first kappa shape index (κ1) is 14.5. The predicted molar refractivity (Wildman–Crippen MR) is 85.5 cm³/mol. The summed E-state index contributed by atoms with van der Waals surface area (Å²) in [4.78, 5) is 4.80. The predicted octanol–water partition coefficient (Wildman–Crippen LogP) is 2.97. The van der Waals surface area contributed by atoms with Crippen molar-refractivity contribution in [2.75, 3.05) is 13.2 Å². The van der Waals surface area contributed by atoms with E-state index in [0.717, 1.165) is 43.9 Å². The van der Waals surface area contributed by atoms with E-state index < -0.39 is 0 Å². The van der Waals surface area contributed by atoms with Crippen molar-refractivity contribution in [3.05, 3.63) is 29.6 Å². The molecule has 1 fully saturated rings. The lowest BCUT2D eigenvalue weighted by Crippen LogP contribution is -2.34. The number of aromatic nitrogens is 2. The molecule has 3 rings (SSSR count). The Morgan fingerprint density at radius 2 is 2.10 bits per heavy atom. The van der Waals surface area contributed by atoms with Gasteiger partial charge in [0.15, 0.2) is 0 Å². The van der Waals surface area contributed by atoms with Gasteiger partial charge in [0.25, 0.3) is 0 Å². The van der Waals surface area contributed by atoms with Crippen LogP contribution in [0.2, 0.25) is 0 Å². The maximum absolute atomic E-state index is 5.41. The van der Waals surface area contributed by atoms with Crippen molar-refractivity contribution >= 4 is 11.0 Å². The summed E-state index contributed by atoms with van der Waals surface area (Å²) >= 11 is 0. The van der Waals surface area contributed by atoms with Crippen LogP contribution < -0.4 is 5.32 Å². The number of nitrogens with zero attached hydrogens (tertiary/aromatic N) is 2. The molecule has 1 saturated heterocycles. The van der Waals surface area contributed by atoms with Gasteiger partial charge in [-0.15, -0.1) is 0 Å². The lowest BCUT2D eigenvalue weighted by atomic mass is 10.1. The van der Waals surface area contributed by atoms with E-state index in [1.807, 2.05) is 0 Å². The molecule has 0 saturated carbocycles. The zero-order chi connectivity index (χ0) is 14.8. The Labute approximate surface area is 126 Å². The molecule has 0 aromatic carbocycles. The smallest absolute Gasteiger partial charge is 0.140 e. The van der Waals surface area contributed by atoms with Crippen LogP contribution in [0.3, 0.4) is 0 Å². The van der Waals surface area contributed by atoms with Gasteiger partial charge in [0.05, 0.1) is 0 Å². The van der Waals surface area contributed by atoms with E-state index in [-0.39, 0.29) is 0 Å². The first-order valence-corrected chi connectivity index (χ1v) is 7.91. The van der Waals surface area contributed by atoms with Crippen LogP contribution in [0.1, 0.15) is 43.9 Å². The van der Waals surface area contributed by atoms with Crippen molar-refractivity contribution in [2.24, 2.45) is 7.05 Å². The zero-order valence-electron chi connectivity index (χ0n) is 13.2. The minimum absolute atomic E-state index is 0.466. The maximum atomic E-state index is 5.41. The molecule has 1 aliphatic rings. The number of aryl methyl sites for hydroxylation is 1. The summed E-state index contributed by atoms with van der Waals surface area (Å²) < 4.78 is 7.55. The van der Waals surface area contributed by atoms with E-state index in [4.69, 9.17) is 9.72 Å². The van der Waals surface area contributed by atoms with Gasteiger partial charge in [-0.2, -0.15) is 0 Å². The molecule has 0 radical (unpaired) electrons. The van der Waals surface area contributed by atoms with Crippen LogP contribution in [0.5, 0.6) is 0 Å². The van der Waals surface area contributed by atoms with Crippen molar-refractivity contribution in [3.8, 4) is 0 Å². The van der Waals surface area contributed by atoms with Crippen LogP contribution in [-0.4, -0.2) is 28.8 Å². The molecule has 3 heterocycles. The molecule has 0 spiro atoms. The topological polar surface area (TPSA) is 39.1 Å². The highest BCUT2D eigenvalue weighted by Crippen LogP contribution is 2.22. The van der Waals surface area contributed by atoms with Crippen LogP contribution in [0.4, 0.5) is 0 Å². The average Bonchev–Trinajstić information content (AvgIpc) is 2.82. The Balaban J connectivity index is 1.79. The van der Waals surface area contributed by atoms with E-state index in [1.165, 1.54) is 10.9 Å². The molecule has 0 bridgehead atoms. The summed E-state index contributed by atoms with van der Waals surface area (Å²) in [5, 5.41) is 4.92. The summed E-state index contributed by atoms with van der Waals surface area (Å²) in [5.74, 6) is 0.466. The Bertz CT molecular complexity index is 612. The number of hydrogen-bond donors (Lipinski definition) is 1. The summed E-state index contributed by atoms with van der Waals surface area (Å²) in [6.07, 6.45) is 4.43. The van der Waals surface area contributed by atoms with Crippen molar-refractivity contribution in [2.45, 2.75) is 45.2 Å². The summed E-state index contributed by atoms with van der Waals surface area (Å²) in [5.41, 5.74) is 3.58. The fraction of sp³-hybridized carbons (Fsp3) is 0.588. The number of nitrogens with one attached hydrogen (secondary N) is 1. The van der Waals surface area contributed by atoms with Crippen LogP contribution in [0.15, 0.2) is 18.3 Å². The van der Waals surface area contributed by atoms with Crippen LogP contribution in [0, 0.1) is 0 Å². The van der Waals surface area contributed by atoms with Crippen molar-refractivity contribution < 1.29 is 4.74 Å². The summed E-state index contributed by atoms with van der Waals surface area (Å²) in [6, 6.07) is 4.96. The molecule has 4 heteroatoms. The van der Waals surface area contributed by atoms with Crippen molar-refractivity contribution in [1.82, 2.24) is 14.9 Å². The number of fused-ring (bicyclic) bond motifs is 1. The monoisotopic (exact) mass is 287 g/mol. The van der Waals surface area contributed by atoms with Gasteiger partial charge in [0.2, 0.25) is 0 Å². The lowest BCUT2D eigenvalue weighted by molar-refractivity contribution is 0.0776. The fourth-order valence-electron chi connectivity index (χ4n) is 2.97. The third kappa shape index (κ3) is 3.11. The molecule has 1 aliphatic heterocycles. The van der Waals surface area contributed by atoms with Gasteiger partial charge in [-0.1, -0.05) is 13.8 Å². The van der Waals surface area contributed by atoms with E-state index in [2.05, 4.69) is 49.1 Å². The van der Waals surface area contributed by atoms with Crippen LogP contribution in [-0.2, 0) is 18.3 Å². The van der Waals surface area contributed by atoms with E-state index in [9.17, 15) is 0 Å². The molecular weight excluding hydrogens is 262 g/mol. The molecule has 0 aliphatic carbocycles. The normalized spacial score (nSPS) is 17.0. The molecule has 1 N–H and O–H groups in total. The highest BCUT2D eigenvalue weighted by molar-refractivity contribution is 5.80. The third-order valence-corrected chi connectivity index (χ3v) is 4.32. The summed E-state index contributed by atoms with van der Waals surface area (Å²) in [7, 11) is 2.08. The van der Waals surface area contributed by atoms with E-state index in [0.29, 0.717) is 12.0 Å². The van der Waals surface area contributed by atoms with Gasteiger partial charge in [-0.05, 0) is 36.5 Å². The first-order valence-electron chi connectivity index (χ1n) is 7.91. The standard InChI is InChI=1S/C17H25N3O/c1-12(2)16-5-4-15-13(11-20(3)17(15)19-16)10-18-14-6-8-21-9-7-14/h4-5,11-12,14,18H,6-10H2,1-3H3. The quantitative estimate of drug-likeness (QED) is 0.939. The second-order valence-electron chi connectivity index (χ2n) is 6.29. The second kappa shape index (κ2) is 6.16. The molecule has 2 aromatic heterocycles. The number of pyridine rings is 1. The van der Waals surface area contributed by atoms with Gasteiger partial charge < -0.3 is 14.6 Å². The van der Waals surface area contributed by atoms with Gasteiger partial charge in [0.1, 0.15) is 5.65 Å². The van der Waals surface area contributed by atoms with E-state index >= 15 is 0 Å². The molecule has 21 heavy (non-hydrogen) atoms. The Morgan fingerprint density at radius 1 is 1.33 bits per heavy atom. The Kier molecular flexibility index (Phi) is 4.27. The molecule has 4 nitrogen and oxygen atoms in total. The fourth-order valence-corrected chi connectivity index (χ4v) is 2.97. The summed E-state index contributed by atoms with van der Waals surface area (Å²) in [6.45, 7) is 7.04. The highest BCUT2D eigenvalue weighted by Gasteiger charge is 2.15. The largest absolute Gasteiger partial charge is 0.381 e. The van der Waals surface area contributed by atoms with Gasteiger partial charge >= 0.3 is 0 Å². The minimum Gasteiger partial charge on any atom is -0.381 e. The van der Waals surface area contributed by atoms with Gasteiger partial charge in [-0.25, -0.2) is 4.98 Å². The average molecular weight is 287 g/mol. The Hall–Kier alpha value is -1.39. The molecule has 0 unspecified atom stereocenters. The lowest BCUT2D eigenvalue weighted by Gasteiger charge is -2.23. The molecule has 2 aromatic rings. The molecule has 114 valence electrons.